The molecule has 0 saturated carbocycles. The van der Waals surface area contributed by atoms with E-state index in [2.05, 4.69) is 39.5 Å². The molecule has 188 valence electrons. The molecule has 8 nitrogen and oxygen atoms in total. The number of benzene rings is 2. The van der Waals surface area contributed by atoms with E-state index in [4.69, 9.17) is 19.4 Å². The third-order valence-electron chi connectivity index (χ3n) is 5.54. The second kappa shape index (κ2) is 11.8. The lowest BCUT2D eigenvalue weighted by Gasteiger charge is -2.34. The van der Waals surface area contributed by atoms with Gasteiger partial charge in [-0.05, 0) is 23.3 Å². The van der Waals surface area contributed by atoms with Gasteiger partial charge in [0.15, 0.2) is 0 Å². The number of carboxylic acids is 1. The maximum atomic E-state index is 10.6. The highest BCUT2D eigenvalue weighted by Gasteiger charge is 2.38. The van der Waals surface area contributed by atoms with Crippen LogP contribution in [0.15, 0.2) is 54.6 Å². The van der Waals surface area contributed by atoms with Crippen molar-refractivity contribution in [2.24, 2.45) is 7.05 Å². The van der Waals surface area contributed by atoms with Crippen LogP contribution < -0.4 is 4.74 Å². The van der Waals surface area contributed by atoms with Crippen molar-refractivity contribution in [3.63, 3.8) is 0 Å². The number of rotatable bonds is 7. The van der Waals surface area contributed by atoms with Gasteiger partial charge in [0.05, 0.1) is 32.1 Å². The third kappa shape index (κ3) is 7.27. The summed E-state index contributed by atoms with van der Waals surface area (Å²) in [6, 6.07) is 18.6. The summed E-state index contributed by atoms with van der Waals surface area (Å²) < 4.78 is 45.0. The van der Waals surface area contributed by atoms with E-state index in [1.54, 1.807) is 7.11 Å². The molecule has 1 N–H and O–H groups in total. The van der Waals surface area contributed by atoms with Gasteiger partial charge in [-0.25, -0.2) is 4.79 Å². The zero-order chi connectivity index (χ0) is 25.4. The Morgan fingerprint density at radius 3 is 2.37 bits per heavy atom. The van der Waals surface area contributed by atoms with E-state index in [-0.39, 0.29) is 6.04 Å². The number of aryl methyl sites for hydroxylation is 1. The maximum Gasteiger partial charge on any atom is 0.490 e. The molecule has 11 heteroatoms. The molecule has 2 aromatic carbocycles. The van der Waals surface area contributed by atoms with Gasteiger partial charge in [0, 0.05) is 26.6 Å². The molecule has 2 heterocycles. The standard InChI is InChI=1S/C22H26N4O2.C2HF3O2/c1-25-20-12-13-26(14-17-8-10-19(27-2)11-9-17)21(22(20)23-24-25)16-28-15-18-6-4-3-5-7-18;3-2(4,5)1(6)7/h3-11,21H,12-16H2,1-2H3;(H,6,7). The zero-order valence-electron chi connectivity index (χ0n) is 19.4. The number of hydrogen-bond donors (Lipinski definition) is 1. The van der Waals surface area contributed by atoms with E-state index in [1.807, 2.05) is 42.1 Å². The number of aliphatic carboxylic acids is 1. The van der Waals surface area contributed by atoms with Gasteiger partial charge in [-0.15, -0.1) is 5.10 Å². The molecule has 0 aliphatic carbocycles. The van der Waals surface area contributed by atoms with Crippen LogP contribution in [0.2, 0.25) is 0 Å². The number of ether oxygens (including phenoxy) is 2. The Hall–Kier alpha value is -3.44. The van der Waals surface area contributed by atoms with E-state index in [0.29, 0.717) is 13.2 Å². The van der Waals surface area contributed by atoms with Gasteiger partial charge in [-0.3, -0.25) is 9.58 Å². The molecule has 35 heavy (non-hydrogen) atoms. The van der Waals surface area contributed by atoms with Crippen molar-refractivity contribution in [2.45, 2.75) is 31.8 Å². The number of nitrogens with zero attached hydrogens (tertiary/aromatic N) is 4. The lowest BCUT2D eigenvalue weighted by molar-refractivity contribution is -0.192. The van der Waals surface area contributed by atoms with Crippen LogP contribution in [0, 0.1) is 0 Å². The summed E-state index contributed by atoms with van der Waals surface area (Å²) in [7, 11) is 3.65. The smallest absolute Gasteiger partial charge is 0.490 e. The molecule has 0 spiro atoms. The molecule has 0 amide bonds. The van der Waals surface area contributed by atoms with Crippen molar-refractivity contribution in [3.05, 3.63) is 77.1 Å². The number of hydrogen-bond acceptors (Lipinski definition) is 6. The Morgan fingerprint density at radius 1 is 1.11 bits per heavy atom. The highest BCUT2D eigenvalue weighted by molar-refractivity contribution is 5.73. The fourth-order valence-corrected chi connectivity index (χ4v) is 3.72. The molecule has 3 aromatic rings. The fourth-order valence-electron chi connectivity index (χ4n) is 3.72. The average molecular weight is 492 g/mol. The van der Waals surface area contributed by atoms with Crippen LogP contribution in [-0.4, -0.2) is 57.4 Å². The van der Waals surface area contributed by atoms with E-state index in [9.17, 15) is 13.2 Å². The largest absolute Gasteiger partial charge is 0.497 e. The zero-order valence-corrected chi connectivity index (χ0v) is 19.4. The van der Waals surface area contributed by atoms with Gasteiger partial charge >= 0.3 is 12.1 Å². The molecule has 1 atom stereocenters. The average Bonchev–Trinajstić information content (AvgIpc) is 3.22. The Kier molecular flexibility index (Phi) is 8.83. The van der Waals surface area contributed by atoms with Crippen LogP contribution in [0.1, 0.15) is 28.6 Å². The number of fused-ring (bicyclic) bond motifs is 1. The van der Waals surface area contributed by atoms with Crippen LogP contribution >= 0.6 is 0 Å². The van der Waals surface area contributed by atoms with Gasteiger partial charge in [0.25, 0.3) is 0 Å². The monoisotopic (exact) mass is 492 g/mol. The molecule has 0 fully saturated rings. The minimum absolute atomic E-state index is 0.100. The Morgan fingerprint density at radius 2 is 1.77 bits per heavy atom. The first-order chi connectivity index (χ1) is 16.7. The number of carbonyl (C=O) groups is 1. The van der Waals surface area contributed by atoms with Crippen LogP contribution in [0.4, 0.5) is 13.2 Å². The van der Waals surface area contributed by atoms with Gasteiger partial charge in [0.2, 0.25) is 0 Å². The number of alkyl halides is 3. The summed E-state index contributed by atoms with van der Waals surface area (Å²) in [6.07, 6.45) is -4.13. The number of carboxylic acid groups (broad SMARTS) is 1. The number of methoxy groups -OCH3 is 1. The molecule has 1 aromatic heterocycles. The van der Waals surface area contributed by atoms with Gasteiger partial charge in [0.1, 0.15) is 11.4 Å². The summed E-state index contributed by atoms with van der Waals surface area (Å²) >= 11 is 0. The third-order valence-corrected chi connectivity index (χ3v) is 5.54. The second-order valence-electron chi connectivity index (χ2n) is 7.93. The van der Waals surface area contributed by atoms with Gasteiger partial charge in [-0.2, -0.15) is 13.2 Å². The predicted octanol–water partition coefficient (Wildman–Crippen LogP) is 3.77. The lowest BCUT2D eigenvalue weighted by Crippen LogP contribution is -2.38. The molecular formula is C24H27F3N4O4. The highest BCUT2D eigenvalue weighted by atomic mass is 19.4. The number of halogens is 3. The molecule has 4 rings (SSSR count). The molecule has 1 aliphatic rings. The first kappa shape index (κ1) is 26.2. The van der Waals surface area contributed by atoms with Gasteiger partial charge < -0.3 is 14.6 Å². The summed E-state index contributed by atoms with van der Waals surface area (Å²) in [4.78, 5) is 11.3. The second-order valence-corrected chi connectivity index (χ2v) is 7.93. The van der Waals surface area contributed by atoms with Crippen LogP contribution in [-0.2, 0) is 36.2 Å². The van der Waals surface area contributed by atoms with E-state index >= 15 is 0 Å². The van der Waals surface area contributed by atoms with Crippen molar-refractivity contribution in [2.75, 3.05) is 20.3 Å². The van der Waals surface area contributed by atoms with Crippen LogP contribution in [0.3, 0.4) is 0 Å². The topological polar surface area (TPSA) is 89.7 Å². The molecule has 0 radical (unpaired) electrons. The van der Waals surface area contributed by atoms with Crippen molar-refractivity contribution in [1.29, 1.82) is 0 Å². The first-order valence-electron chi connectivity index (χ1n) is 10.9. The Bertz CT molecular complexity index is 1090. The fraction of sp³-hybridized carbons (Fsp3) is 0.375. The normalized spacial score (nSPS) is 15.6. The molecule has 0 bridgehead atoms. The molecule has 1 aliphatic heterocycles. The first-order valence-corrected chi connectivity index (χ1v) is 10.9. The Labute approximate surface area is 200 Å². The van der Waals surface area contributed by atoms with Crippen molar-refractivity contribution in [3.8, 4) is 5.75 Å². The van der Waals surface area contributed by atoms with Crippen LogP contribution in [0.5, 0.6) is 5.75 Å². The van der Waals surface area contributed by atoms with Crippen molar-refractivity contribution >= 4 is 5.97 Å². The van der Waals surface area contributed by atoms with E-state index < -0.39 is 12.1 Å². The van der Waals surface area contributed by atoms with Crippen LogP contribution in [0.25, 0.3) is 0 Å². The summed E-state index contributed by atoms with van der Waals surface area (Å²) in [5.41, 5.74) is 4.68. The minimum atomic E-state index is -5.08. The lowest BCUT2D eigenvalue weighted by atomic mass is 10.0. The molecular weight excluding hydrogens is 465 g/mol. The van der Waals surface area contributed by atoms with E-state index in [0.717, 1.165) is 31.0 Å². The van der Waals surface area contributed by atoms with Gasteiger partial charge in [-0.1, -0.05) is 47.7 Å². The minimum Gasteiger partial charge on any atom is -0.497 e. The van der Waals surface area contributed by atoms with Crippen molar-refractivity contribution < 1.29 is 32.5 Å². The number of aromatic nitrogens is 3. The van der Waals surface area contributed by atoms with Crippen molar-refractivity contribution in [1.82, 2.24) is 19.9 Å². The predicted molar refractivity (Wildman–Crippen MR) is 121 cm³/mol. The maximum absolute atomic E-state index is 10.6. The Balaban J connectivity index is 0.000000429. The highest BCUT2D eigenvalue weighted by Crippen LogP contribution is 2.30. The summed E-state index contributed by atoms with van der Waals surface area (Å²) in [5, 5.41) is 15.8. The molecule has 1 unspecified atom stereocenters. The molecule has 0 saturated heterocycles. The van der Waals surface area contributed by atoms with E-state index in [1.165, 1.54) is 16.8 Å². The quantitative estimate of drug-likeness (QED) is 0.537. The SMILES string of the molecule is COc1ccc(CN2CCc3c(nnn3C)C2COCc2ccccc2)cc1.O=C(O)C(F)(F)F. The summed E-state index contributed by atoms with van der Waals surface area (Å²) in [6.45, 7) is 3.00. The summed E-state index contributed by atoms with van der Waals surface area (Å²) in [5.74, 6) is -1.88.